The summed E-state index contributed by atoms with van der Waals surface area (Å²) in [5.41, 5.74) is -0.605. The van der Waals surface area contributed by atoms with Crippen molar-refractivity contribution in [3.8, 4) is 0 Å². The number of ether oxygens (including phenoxy) is 2. The molecule has 0 spiro atoms. The van der Waals surface area contributed by atoms with Gasteiger partial charge in [-0.15, -0.1) is 0 Å². The zero-order valence-corrected chi connectivity index (χ0v) is 12.2. The highest BCUT2D eigenvalue weighted by Gasteiger charge is 2.41. The van der Waals surface area contributed by atoms with Crippen LogP contribution in [0.3, 0.4) is 0 Å². The Balaban J connectivity index is 2.36. The van der Waals surface area contributed by atoms with Crippen LogP contribution in [0.4, 0.5) is 13.2 Å². The molecule has 1 aliphatic rings. The molecule has 0 aromatic heterocycles. The monoisotopic (exact) mass is 303 g/mol. The molecular weight excluding hydrogens is 283 g/mol. The van der Waals surface area contributed by atoms with Gasteiger partial charge in [0.15, 0.2) is 0 Å². The first kappa shape index (κ1) is 16.3. The van der Waals surface area contributed by atoms with Crippen LogP contribution in [0.25, 0.3) is 0 Å². The Bertz CT molecular complexity index is 470. The van der Waals surface area contributed by atoms with Crippen molar-refractivity contribution in [1.82, 2.24) is 5.32 Å². The van der Waals surface area contributed by atoms with E-state index in [0.717, 1.165) is 6.07 Å². The summed E-state index contributed by atoms with van der Waals surface area (Å²) >= 11 is 0. The van der Waals surface area contributed by atoms with Crippen molar-refractivity contribution >= 4 is 0 Å². The summed E-state index contributed by atoms with van der Waals surface area (Å²) in [4.78, 5) is 0. The molecule has 0 saturated carbocycles. The number of rotatable bonds is 4. The van der Waals surface area contributed by atoms with Crippen LogP contribution in [0.15, 0.2) is 24.3 Å². The minimum Gasteiger partial charge on any atom is -0.381 e. The molecule has 2 rings (SSSR count). The molecule has 0 radical (unpaired) electrons. The molecule has 118 valence electrons. The minimum absolute atomic E-state index is 0.311. The summed E-state index contributed by atoms with van der Waals surface area (Å²) in [6, 6.07) is 5.10. The molecule has 1 aliphatic heterocycles. The zero-order chi connectivity index (χ0) is 15.5. The Morgan fingerprint density at radius 2 is 1.95 bits per heavy atom. The second kappa shape index (κ2) is 6.34. The molecule has 3 nitrogen and oxygen atoms in total. The molecule has 1 atom stereocenters. The molecule has 1 unspecified atom stereocenters. The van der Waals surface area contributed by atoms with Crippen LogP contribution in [0.5, 0.6) is 0 Å². The van der Waals surface area contributed by atoms with Crippen molar-refractivity contribution < 1.29 is 22.6 Å². The van der Waals surface area contributed by atoms with Gasteiger partial charge in [0, 0.05) is 33.2 Å². The van der Waals surface area contributed by atoms with E-state index in [1.165, 1.54) is 12.1 Å². The Morgan fingerprint density at radius 1 is 1.29 bits per heavy atom. The lowest BCUT2D eigenvalue weighted by Crippen LogP contribution is -2.48. The SMILES string of the molecule is CNC(c1cccc(C(F)(F)F)c1)C1(OC)CCOCC1. The third kappa shape index (κ3) is 3.39. The van der Waals surface area contributed by atoms with Gasteiger partial charge in [-0.3, -0.25) is 0 Å². The van der Waals surface area contributed by atoms with E-state index >= 15 is 0 Å². The maximum absolute atomic E-state index is 12.9. The van der Waals surface area contributed by atoms with E-state index in [-0.39, 0.29) is 6.04 Å². The van der Waals surface area contributed by atoms with E-state index in [9.17, 15) is 13.2 Å². The Hall–Kier alpha value is -1.11. The number of hydrogen-bond donors (Lipinski definition) is 1. The summed E-state index contributed by atoms with van der Waals surface area (Å²) in [5.74, 6) is 0. The fourth-order valence-corrected chi connectivity index (χ4v) is 2.96. The number of methoxy groups -OCH3 is 1. The van der Waals surface area contributed by atoms with E-state index in [1.807, 2.05) is 0 Å². The van der Waals surface area contributed by atoms with Crippen LogP contribution in [0.2, 0.25) is 0 Å². The lowest BCUT2D eigenvalue weighted by Gasteiger charge is -2.42. The fourth-order valence-electron chi connectivity index (χ4n) is 2.96. The molecule has 0 bridgehead atoms. The summed E-state index contributed by atoms with van der Waals surface area (Å²) < 4.78 is 49.7. The smallest absolute Gasteiger partial charge is 0.381 e. The first-order chi connectivity index (χ1) is 9.93. The zero-order valence-electron chi connectivity index (χ0n) is 12.2. The predicted molar refractivity (Wildman–Crippen MR) is 73.0 cm³/mol. The minimum atomic E-state index is -4.34. The topological polar surface area (TPSA) is 30.5 Å². The summed E-state index contributed by atoms with van der Waals surface area (Å²) in [7, 11) is 3.34. The van der Waals surface area contributed by atoms with Gasteiger partial charge in [0.1, 0.15) is 0 Å². The van der Waals surface area contributed by atoms with Crippen LogP contribution in [-0.2, 0) is 15.7 Å². The first-order valence-electron chi connectivity index (χ1n) is 6.90. The Labute approximate surface area is 122 Å². The molecule has 1 fully saturated rings. The lowest BCUT2D eigenvalue weighted by atomic mass is 9.81. The lowest BCUT2D eigenvalue weighted by molar-refractivity contribution is -0.138. The van der Waals surface area contributed by atoms with Gasteiger partial charge in [0.05, 0.1) is 17.2 Å². The largest absolute Gasteiger partial charge is 0.416 e. The van der Waals surface area contributed by atoms with E-state index in [2.05, 4.69) is 5.32 Å². The molecule has 1 aromatic carbocycles. The van der Waals surface area contributed by atoms with Gasteiger partial charge < -0.3 is 14.8 Å². The number of likely N-dealkylation sites (N-methyl/N-ethyl adjacent to an activating group) is 1. The van der Waals surface area contributed by atoms with Crippen LogP contribution in [0.1, 0.15) is 30.0 Å². The third-order valence-electron chi connectivity index (χ3n) is 4.11. The number of hydrogen-bond acceptors (Lipinski definition) is 3. The number of benzene rings is 1. The number of halogens is 3. The molecule has 0 amide bonds. The predicted octanol–water partition coefficient (Wildman–Crippen LogP) is 3.16. The molecule has 6 heteroatoms. The van der Waals surface area contributed by atoms with E-state index < -0.39 is 17.3 Å². The highest BCUT2D eigenvalue weighted by atomic mass is 19.4. The van der Waals surface area contributed by atoms with Gasteiger partial charge in [-0.05, 0) is 24.7 Å². The summed E-state index contributed by atoms with van der Waals surface area (Å²) in [6.07, 6.45) is -3.05. The molecule has 21 heavy (non-hydrogen) atoms. The maximum Gasteiger partial charge on any atom is 0.416 e. The standard InChI is InChI=1S/C15H20F3NO2/c1-19-13(14(20-2)6-8-21-9-7-14)11-4-3-5-12(10-11)15(16,17)18/h3-5,10,13,19H,6-9H2,1-2H3. The van der Waals surface area contributed by atoms with Gasteiger partial charge in [-0.2, -0.15) is 13.2 Å². The van der Waals surface area contributed by atoms with E-state index in [1.54, 1.807) is 20.2 Å². The molecule has 1 aromatic rings. The molecule has 1 heterocycles. The van der Waals surface area contributed by atoms with Gasteiger partial charge >= 0.3 is 6.18 Å². The second-order valence-electron chi connectivity index (χ2n) is 5.23. The van der Waals surface area contributed by atoms with Crippen LogP contribution < -0.4 is 5.32 Å². The first-order valence-corrected chi connectivity index (χ1v) is 6.90. The van der Waals surface area contributed by atoms with Gasteiger partial charge in [-0.1, -0.05) is 12.1 Å². The van der Waals surface area contributed by atoms with Crippen LogP contribution in [-0.4, -0.2) is 33.0 Å². The van der Waals surface area contributed by atoms with Crippen molar-refractivity contribution in [3.63, 3.8) is 0 Å². The highest BCUT2D eigenvalue weighted by molar-refractivity contribution is 5.30. The van der Waals surface area contributed by atoms with Crippen molar-refractivity contribution in [2.75, 3.05) is 27.4 Å². The number of nitrogens with one attached hydrogen (secondary N) is 1. The van der Waals surface area contributed by atoms with Crippen molar-refractivity contribution in [1.29, 1.82) is 0 Å². The normalized spacial score (nSPS) is 20.2. The van der Waals surface area contributed by atoms with Crippen LogP contribution >= 0.6 is 0 Å². The summed E-state index contributed by atoms with van der Waals surface area (Å²) in [5, 5.41) is 3.11. The average molecular weight is 303 g/mol. The van der Waals surface area contributed by atoms with Crippen LogP contribution in [0, 0.1) is 0 Å². The highest BCUT2D eigenvalue weighted by Crippen LogP contribution is 2.39. The van der Waals surface area contributed by atoms with E-state index in [0.29, 0.717) is 31.6 Å². The summed E-state index contributed by atoms with van der Waals surface area (Å²) in [6.45, 7) is 1.09. The average Bonchev–Trinajstić information content (AvgIpc) is 2.48. The Morgan fingerprint density at radius 3 is 2.48 bits per heavy atom. The van der Waals surface area contributed by atoms with E-state index in [4.69, 9.17) is 9.47 Å². The second-order valence-corrected chi connectivity index (χ2v) is 5.23. The van der Waals surface area contributed by atoms with Gasteiger partial charge in [-0.25, -0.2) is 0 Å². The molecule has 1 saturated heterocycles. The van der Waals surface area contributed by atoms with Crippen molar-refractivity contribution in [2.45, 2.75) is 30.7 Å². The molecule has 1 N–H and O–H groups in total. The Kier molecular flexibility index (Phi) is 4.91. The fraction of sp³-hybridized carbons (Fsp3) is 0.600. The van der Waals surface area contributed by atoms with Gasteiger partial charge in [0.2, 0.25) is 0 Å². The maximum atomic E-state index is 12.9. The van der Waals surface area contributed by atoms with Crippen molar-refractivity contribution in [2.24, 2.45) is 0 Å². The van der Waals surface area contributed by atoms with Crippen molar-refractivity contribution in [3.05, 3.63) is 35.4 Å². The molecule has 0 aliphatic carbocycles. The molecular formula is C15H20F3NO2. The quantitative estimate of drug-likeness (QED) is 0.927. The number of alkyl halides is 3. The van der Waals surface area contributed by atoms with Gasteiger partial charge in [0.25, 0.3) is 0 Å². The third-order valence-corrected chi connectivity index (χ3v) is 4.11.